The highest BCUT2D eigenvalue weighted by Gasteiger charge is 2.23. The summed E-state index contributed by atoms with van der Waals surface area (Å²) in [6.07, 6.45) is 54.9. The van der Waals surface area contributed by atoms with Crippen LogP contribution in [0.5, 0.6) is 0 Å². The van der Waals surface area contributed by atoms with E-state index in [1.165, 1.54) is 270 Å². The van der Waals surface area contributed by atoms with Gasteiger partial charge in [0.2, 0.25) is 5.91 Å². The molecule has 0 N–H and O–H groups in total. The fourth-order valence-corrected chi connectivity index (χ4v) is 10.8. The molecule has 0 aromatic carbocycles. The number of esters is 1. The monoisotopic (exact) mass is 1020 g/mol. The average Bonchev–Trinajstić information content (AvgIpc) is 3.39. The molecule has 0 aromatic rings. The molecule has 1 aliphatic rings. The number of unbranched alkanes of at least 4 members (excludes halogenated alkanes) is 35. The minimum absolute atomic E-state index is 0.0504. The molecular formula is C64H129N5O3. The highest BCUT2D eigenvalue weighted by molar-refractivity contribution is 5.78. The quantitative estimate of drug-likeness (QED) is 0.0444. The van der Waals surface area contributed by atoms with Crippen molar-refractivity contribution in [2.75, 3.05) is 98.2 Å². The van der Waals surface area contributed by atoms with Gasteiger partial charge in [-0.2, -0.15) is 0 Å². The number of nitrogens with zero attached hydrogens (tertiary/aromatic N) is 5. The largest absolute Gasteiger partial charge is 0.466 e. The van der Waals surface area contributed by atoms with E-state index in [2.05, 4.69) is 59.1 Å². The zero-order valence-electron chi connectivity index (χ0n) is 49.8. The molecule has 72 heavy (non-hydrogen) atoms. The van der Waals surface area contributed by atoms with Crippen LogP contribution in [0.3, 0.4) is 0 Å². The highest BCUT2D eigenvalue weighted by Crippen LogP contribution is 2.16. The number of hydrogen-bond donors (Lipinski definition) is 0. The Morgan fingerprint density at radius 2 is 0.639 bits per heavy atom. The zero-order chi connectivity index (χ0) is 52.1. The topological polar surface area (TPSA) is 59.6 Å². The molecule has 1 amide bonds. The summed E-state index contributed by atoms with van der Waals surface area (Å²) in [6, 6.07) is 0. The molecule has 1 saturated heterocycles. The Kier molecular flexibility index (Phi) is 52.1. The third-order valence-electron chi connectivity index (χ3n) is 16.0. The van der Waals surface area contributed by atoms with Crippen LogP contribution in [-0.2, 0) is 14.3 Å². The van der Waals surface area contributed by atoms with E-state index < -0.39 is 0 Å². The van der Waals surface area contributed by atoms with E-state index in [-0.39, 0.29) is 11.9 Å². The van der Waals surface area contributed by atoms with Crippen molar-refractivity contribution in [2.24, 2.45) is 0 Å². The Hall–Kier alpha value is -1.22. The number of amides is 1. The minimum atomic E-state index is -0.0504. The number of carbonyl (C=O) groups is 2. The molecule has 0 aliphatic carbocycles. The normalized spacial score (nSPS) is 13.4. The maximum absolute atomic E-state index is 13.9. The van der Waals surface area contributed by atoms with Crippen LogP contribution in [0.1, 0.15) is 304 Å². The summed E-state index contributed by atoms with van der Waals surface area (Å²) >= 11 is 0. The first kappa shape index (κ1) is 68.8. The third kappa shape index (κ3) is 45.0. The van der Waals surface area contributed by atoms with Crippen LogP contribution in [0.25, 0.3) is 0 Å². The lowest BCUT2D eigenvalue weighted by molar-refractivity contribution is -0.144. The smallest absolute Gasteiger partial charge is 0.305 e. The average molecular weight is 1020 g/mol. The number of piperazine rings is 1. The number of carbonyl (C=O) groups excluding carboxylic acids is 2. The van der Waals surface area contributed by atoms with Gasteiger partial charge in [0.1, 0.15) is 0 Å². The second-order valence-electron chi connectivity index (χ2n) is 22.9. The lowest BCUT2D eigenvalue weighted by Gasteiger charge is -2.37. The van der Waals surface area contributed by atoms with Crippen LogP contribution in [0.4, 0.5) is 0 Å². The molecule has 1 aliphatic heterocycles. The standard InChI is InChI=1S/C64H129N5O3/c1-6-11-16-21-26-27-28-29-30-35-40-45-51-68(52-46-61-72-64(71)47-41-36-31-22-17-12-7-2)62-63(70)69-59-57-67(58-60-69)56-55-66(50-44-39-34-25-20-15-10-5)54-53-65(48-42-37-32-23-18-13-8-3)49-43-38-33-24-19-14-9-4/h6-62H2,1-5H3. The second-order valence-corrected chi connectivity index (χ2v) is 22.9. The lowest BCUT2D eigenvalue weighted by atomic mass is 10.1. The Bertz CT molecular complexity index is 1100. The van der Waals surface area contributed by atoms with E-state index in [0.29, 0.717) is 19.6 Å². The van der Waals surface area contributed by atoms with Crippen molar-refractivity contribution in [3.63, 3.8) is 0 Å². The molecule has 0 atom stereocenters. The molecule has 0 saturated carbocycles. The van der Waals surface area contributed by atoms with Gasteiger partial charge in [0, 0.05) is 65.3 Å². The molecule has 1 rings (SSSR count). The number of rotatable bonds is 57. The van der Waals surface area contributed by atoms with E-state index in [1.807, 2.05) is 0 Å². The predicted molar refractivity (Wildman–Crippen MR) is 316 cm³/mol. The van der Waals surface area contributed by atoms with Gasteiger partial charge in [-0.05, 0) is 64.7 Å². The van der Waals surface area contributed by atoms with E-state index in [9.17, 15) is 9.59 Å². The SMILES string of the molecule is CCCCCCCCCCCCCCN(CCCOC(=O)CCCCCCCCC)CC(=O)N1CCN(CCN(CCCCCCCCC)CCN(CCCCCCCCC)CCCCCCCCC)CC1. The van der Waals surface area contributed by atoms with Gasteiger partial charge in [-0.25, -0.2) is 0 Å². The third-order valence-corrected chi connectivity index (χ3v) is 16.0. The van der Waals surface area contributed by atoms with E-state index >= 15 is 0 Å². The summed E-state index contributed by atoms with van der Waals surface area (Å²) < 4.78 is 5.69. The van der Waals surface area contributed by atoms with Crippen LogP contribution >= 0.6 is 0 Å². The summed E-state index contributed by atoms with van der Waals surface area (Å²) in [4.78, 5) is 39.3. The van der Waals surface area contributed by atoms with Gasteiger partial charge in [-0.3, -0.25) is 19.4 Å². The number of ether oxygens (including phenoxy) is 1. The van der Waals surface area contributed by atoms with E-state index in [4.69, 9.17) is 4.74 Å². The van der Waals surface area contributed by atoms with E-state index in [1.54, 1.807) is 0 Å². The van der Waals surface area contributed by atoms with Crippen molar-refractivity contribution in [3.8, 4) is 0 Å². The number of hydrogen-bond acceptors (Lipinski definition) is 7. The Morgan fingerprint density at radius 1 is 0.333 bits per heavy atom. The molecule has 0 radical (unpaired) electrons. The van der Waals surface area contributed by atoms with Gasteiger partial charge in [0.15, 0.2) is 0 Å². The van der Waals surface area contributed by atoms with Crippen molar-refractivity contribution >= 4 is 11.9 Å². The van der Waals surface area contributed by atoms with Crippen molar-refractivity contribution in [2.45, 2.75) is 304 Å². The van der Waals surface area contributed by atoms with Crippen molar-refractivity contribution in [3.05, 3.63) is 0 Å². The summed E-state index contributed by atoms with van der Waals surface area (Å²) in [5.41, 5.74) is 0. The molecule has 8 heteroatoms. The molecule has 428 valence electrons. The van der Waals surface area contributed by atoms with Gasteiger partial charge in [0.25, 0.3) is 0 Å². The lowest BCUT2D eigenvalue weighted by Crippen LogP contribution is -2.52. The minimum Gasteiger partial charge on any atom is -0.466 e. The first-order valence-electron chi connectivity index (χ1n) is 32.8. The Morgan fingerprint density at radius 3 is 1.01 bits per heavy atom. The summed E-state index contributed by atoms with van der Waals surface area (Å²) in [6.45, 7) is 26.3. The first-order valence-corrected chi connectivity index (χ1v) is 32.8. The van der Waals surface area contributed by atoms with Gasteiger partial charge in [-0.15, -0.1) is 0 Å². The first-order chi connectivity index (χ1) is 35.5. The zero-order valence-corrected chi connectivity index (χ0v) is 49.8. The van der Waals surface area contributed by atoms with Crippen LogP contribution in [0.2, 0.25) is 0 Å². The van der Waals surface area contributed by atoms with Crippen LogP contribution in [0, 0.1) is 0 Å². The van der Waals surface area contributed by atoms with Crippen LogP contribution in [-0.4, -0.2) is 135 Å². The van der Waals surface area contributed by atoms with Gasteiger partial charge >= 0.3 is 5.97 Å². The fourth-order valence-electron chi connectivity index (χ4n) is 10.8. The predicted octanol–water partition coefficient (Wildman–Crippen LogP) is 17.1. The molecule has 0 aromatic heterocycles. The molecule has 0 unspecified atom stereocenters. The van der Waals surface area contributed by atoms with Gasteiger partial charge in [-0.1, -0.05) is 259 Å². The molecule has 8 nitrogen and oxygen atoms in total. The molecule has 1 heterocycles. The van der Waals surface area contributed by atoms with Gasteiger partial charge in [0.05, 0.1) is 13.2 Å². The summed E-state index contributed by atoms with van der Waals surface area (Å²) in [7, 11) is 0. The summed E-state index contributed by atoms with van der Waals surface area (Å²) in [5, 5.41) is 0. The van der Waals surface area contributed by atoms with Crippen LogP contribution < -0.4 is 0 Å². The van der Waals surface area contributed by atoms with Crippen molar-refractivity contribution < 1.29 is 14.3 Å². The van der Waals surface area contributed by atoms with Crippen LogP contribution in [0.15, 0.2) is 0 Å². The fraction of sp³-hybridized carbons (Fsp3) is 0.969. The van der Waals surface area contributed by atoms with E-state index in [0.717, 1.165) is 78.0 Å². The molecule has 1 fully saturated rings. The molecular weight excluding hydrogens is 887 g/mol. The Labute approximate surface area is 451 Å². The van der Waals surface area contributed by atoms with Crippen molar-refractivity contribution in [1.29, 1.82) is 0 Å². The van der Waals surface area contributed by atoms with Gasteiger partial charge < -0.3 is 19.4 Å². The molecule has 0 spiro atoms. The van der Waals surface area contributed by atoms with Crippen molar-refractivity contribution in [1.82, 2.24) is 24.5 Å². The summed E-state index contributed by atoms with van der Waals surface area (Å²) in [5.74, 6) is 0.234. The Balaban J connectivity index is 2.73. The second kappa shape index (κ2) is 54.6. The maximum Gasteiger partial charge on any atom is 0.305 e. The maximum atomic E-state index is 13.9. The highest BCUT2D eigenvalue weighted by atomic mass is 16.5. The molecule has 0 bridgehead atoms.